The number of aromatic nitrogens is 3. The molecule has 1 aromatic heterocycles. The summed E-state index contributed by atoms with van der Waals surface area (Å²) in [5.41, 5.74) is 1.74. The van der Waals surface area contributed by atoms with Crippen LogP contribution in [0.2, 0.25) is 0 Å². The first kappa shape index (κ1) is 12.1. The Labute approximate surface area is 90.1 Å². The molecule has 15 heavy (non-hydrogen) atoms. The number of unbranched alkanes of at least 4 members (excludes halogenated alkanes) is 1. The fourth-order valence-electron chi connectivity index (χ4n) is 1.57. The lowest BCUT2D eigenvalue weighted by Gasteiger charge is -2.04. The van der Waals surface area contributed by atoms with E-state index in [-0.39, 0.29) is 6.61 Å². The van der Waals surface area contributed by atoms with Crippen molar-refractivity contribution >= 4 is 0 Å². The van der Waals surface area contributed by atoms with Gasteiger partial charge in [0.15, 0.2) is 0 Å². The molecule has 0 aliphatic carbocycles. The zero-order valence-corrected chi connectivity index (χ0v) is 9.44. The number of rotatable bonds is 7. The third kappa shape index (κ3) is 3.28. The number of aryl methyl sites for hydroxylation is 1. The average molecular weight is 213 g/mol. The van der Waals surface area contributed by atoms with Gasteiger partial charge in [-0.3, -0.25) is 0 Å². The van der Waals surface area contributed by atoms with E-state index in [1.165, 1.54) is 0 Å². The van der Waals surface area contributed by atoms with Gasteiger partial charge < -0.3 is 9.84 Å². The van der Waals surface area contributed by atoms with Crippen molar-refractivity contribution < 1.29 is 9.84 Å². The van der Waals surface area contributed by atoms with Gasteiger partial charge in [0.2, 0.25) is 0 Å². The molecule has 86 valence electrons. The number of hydrogen-bond donors (Lipinski definition) is 1. The molecule has 0 saturated heterocycles. The predicted octanol–water partition coefficient (Wildman–Crippen LogP) is 0.759. The summed E-state index contributed by atoms with van der Waals surface area (Å²) in [4.78, 5) is 0. The van der Waals surface area contributed by atoms with E-state index in [1.807, 2.05) is 11.6 Å². The van der Waals surface area contributed by atoms with Crippen LogP contribution >= 0.6 is 0 Å². The molecule has 1 N–H and O–H groups in total. The van der Waals surface area contributed by atoms with Crippen LogP contribution in [0.3, 0.4) is 0 Å². The van der Waals surface area contributed by atoms with Gasteiger partial charge in [-0.2, -0.15) is 0 Å². The number of aliphatic hydroxyl groups is 1. The highest BCUT2D eigenvalue weighted by atomic mass is 16.5. The SMILES string of the molecule is CCc1c(CO)nnn1CCCCOC. The molecule has 0 fully saturated rings. The Bertz CT molecular complexity index is 286. The Morgan fingerprint density at radius 2 is 2.20 bits per heavy atom. The Morgan fingerprint density at radius 3 is 2.80 bits per heavy atom. The minimum Gasteiger partial charge on any atom is -0.390 e. The summed E-state index contributed by atoms with van der Waals surface area (Å²) in [6.45, 7) is 3.65. The number of nitrogens with zero attached hydrogens (tertiary/aromatic N) is 3. The average Bonchev–Trinajstić information content (AvgIpc) is 2.66. The minimum absolute atomic E-state index is 0.0265. The first-order valence-electron chi connectivity index (χ1n) is 5.34. The van der Waals surface area contributed by atoms with E-state index in [9.17, 15) is 0 Å². The molecular weight excluding hydrogens is 194 g/mol. The van der Waals surface area contributed by atoms with Crippen LogP contribution in [0.1, 0.15) is 31.2 Å². The van der Waals surface area contributed by atoms with Crippen LogP contribution in [0.4, 0.5) is 0 Å². The predicted molar refractivity (Wildman–Crippen MR) is 56.4 cm³/mol. The molecule has 0 saturated carbocycles. The van der Waals surface area contributed by atoms with Crippen LogP contribution in [0.15, 0.2) is 0 Å². The zero-order chi connectivity index (χ0) is 11.1. The number of aliphatic hydroxyl groups excluding tert-OH is 1. The van der Waals surface area contributed by atoms with Crippen LogP contribution in [0.5, 0.6) is 0 Å². The largest absolute Gasteiger partial charge is 0.390 e. The number of hydrogen-bond acceptors (Lipinski definition) is 4. The monoisotopic (exact) mass is 213 g/mol. The van der Waals surface area contributed by atoms with E-state index in [0.717, 1.165) is 38.1 Å². The minimum atomic E-state index is -0.0265. The lowest BCUT2D eigenvalue weighted by Crippen LogP contribution is -2.06. The summed E-state index contributed by atoms with van der Waals surface area (Å²) < 4.78 is 6.85. The molecule has 0 aliphatic heterocycles. The number of methoxy groups -OCH3 is 1. The lowest BCUT2D eigenvalue weighted by molar-refractivity contribution is 0.190. The van der Waals surface area contributed by atoms with E-state index in [1.54, 1.807) is 7.11 Å². The van der Waals surface area contributed by atoms with Crippen molar-refractivity contribution in [2.45, 2.75) is 39.3 Å². The molecule has 0 atom stereocenters. The van der Waals surface area contributed by atoms with Crippen LogP contribution in [0, 0.1) is 0 Å². The van der Waals surface area contributed by atoms with Crippen LogP contribution in [0.25, 0.3) is 0 Å². The summed E-state index contributed by atoms with van der Waals surface area (Å²) >= 11 is 0. The second kappa shape index (κ2) is 6.53. The summed E-state index contributed by atoms with van der Waals surface area (Å²) in [5.74, 6) is 0. The molecule has 0 aromatic carbocycles. The Morgan fingerprint density at radius 1 is 1.40 bits per heavy atom. The van der Waals surface area contributed by atoms with Gasteiger partial charge in [0.1, 0.15) is 5.69 Å². The van der Waals surface area contributed by atoms with Crippen LogP contribution < -0.4 is 0 Å². The smallest absolute Gasteiger partial charge is 0.111 e. The van der Waals surface area contributed by atoms with Gasteiger partial charge >= 0.3 is 0 Å². The standard InChI is InChI=1S/C10H19N3O2/c1-3-10-9(8-14)11-12-13(10)6-4-5-7-15-2/h14H,3-8H2,1-2H3. The number of ether oxygens (including phenoxy) is 1. The molecule has 0 aliphatic rings. The highest BCUT2D eigenvalue weighted by Gasteiger charge is 2.09. The molecule has 0 amide bonds. The van der Waals surface area contributed by atoms with Crippen molar-refractivity contribution in [1.29, 1.82) is 0 Å². The lowest BCUT2D eigenvalue weighted by atomic mass is 10.2. The molecule has 1 rings (SSSR count). The fraction of sp³-hybridized carbons (Fsp3) is 0.800. The van der Waals surface area contributed by atoms with Gasteiger partial charge in [0, 0.05) is 20.3 Å². The Balaban J connectivity index is 2.49. The van der Waals surface area contributed by atoms with Gasteiger partial charge in [-0.1, -0.05) is 12.1 Å². The maximum atomic E-state index is 9.04. The van der Waals surface area contributed by atoms with Gasteiger partial charge in [-0.25, -0.2) is 4.68 Å². The van der Waals surface area contributed by atoms with Crippen molar-refractivity contribution in [3.63, 3.8) is 0 Å². The molecule has 0 bridgehead atoms. The Kier molecular flexibility index (Phi) is 5.28. The summed E-state index contributed by atoms with van der Waals surface area (Å²) in [7, 11) is 1.71. The topological polar surface area (TPSA) is 60.2 Å². The molecule has 5 heteroatoms. The van der Waals surface area contributed by atoms with Gasteiger partial charge in [0.25, 0.3) is 0 Å². The van der Waals surface area contributed by atoms with E-state index < -0.39 is 0 Å². The third-order valence-electron chi connectivity index (χ3n) is 2.37. The Hall–Kier alpha value is -0.940. The maximum Gasteiger partial charge on any atom is 0.111 e. The quantitative estimate of drug-likeness (QED) is 0.679. The van der Waals surface area contributed by atoms with Gasteiger partial charge in [0.05, 0.1) is 12.3 Å². The summed E-state index contributed by atoms with van der Waals surface area (Å²) in [6.07, 6.45) is 2.90. The first-order chi connectivity index (χ1) is 7.33. The zero-order valence-electron chi connectivity index (χ0n) is 9.44. The van der Waals surface area contributed by atoms with Crippen molar-refractivity contribution in [1.82, 2.24) is 15.0 Å². The third-order valence-corrected chi connectivity index (χ3v) is 2.37. The van der Waals surface area contributed by atoms with Crippen molar-refractivity contribution in [3.8, 4) is 0 Å². The highest BCUT2D eigenvalue weighted by molar-refractivity contribution is 5.08. The molecule has 5 nitrogen and oxygen atoms in total. The van der Waals surface area contributed by atoms with Gasteiger partial charge in [-0.15, -0.1) is 5.10 Å². The molecular formula is C10H19N3O2. The molecule has 1 aromatic rings. The van der Waals surface area contributed by atoms with Crippen LogP contribution in [-0.4, -0.2) is 33.8 Å². The van der Waals surface area contributed by atoms with E-state index in [2.05, 4.69) is 10.3 Å². The summed E-state index contributed by atoms with van der Waals surface area (Å²) in [6, 6.07) is 0. The van der Waals surface area contributed by atoms with E-state index in [4.69, 9.17) is 9.84 Å². The van der Waals surface area contributed by atoms with E-state index >= 15 is 0 Å². The maximum absolute atomic E-state index is 9.04. The second-order valence-electron chi connectivity index (χ2n) is 3.42. The fourth-order valence-corrected chi connectivity index (χ4v) is 1.57. The highest BCUT2D eigenvalue weighted by Crippen LogP contribution is 2.07. The van der Waals surface area contributed by atoms with Crippen molar-refractivity contribution in [2.75, 3.05) is 13.7 Å². The van der Waals surface area contributed by atoms with Gasteiger partial charge in [-0.05, 0) is 19.3 Å². The molecule has 0 spiro atoms. The second-order valence-corrected chi connectivity index (χ2v) is 3.42. The van der Waals surface area contributed by atoms with Crippen molar-refractivity contribution in [2.24, 2.45) is 0 Å². The van der Waals surface area contributed by atoms with Crippen molar-refractivity contribution in [3.05, 3.63) is 11.4 Å². The molecule has 0 unspecified atom stereocenters. The molecule has 1 heterocycles. The normalized spacial score (nSPS) is 10.9. The van der Waals surface area contributed by atoms with E-state index in [0.29, 0.717) is 5.69 Å². The first-order valence-corrected chi connectivity index (χ1v) is 5.34. The van der Waals surface area contributed by atoms with Crippen LogP contribution in [-0.2, 0) is 24.3 Å². The summed E-state index contributed by atoms with van der Waals surface area (Å²) in [5, 5.41) is 17.0. The molecule has 0 radical (unpaired) electrons.